The summed E-state index contributed by atoms with van der Waals surface area (Å²) in [6.45, 7) is 5.79. The van der Waals surface area contributed by atoms with Gasteiger partial charge in [0.15, 0.2) is 5.82 Å². The molecule has 5 nitrogen and oxygen atoms in total. The maximum absolute atomic E-state index is 13.6. The van der Waals surface area contributed by atoms with Gasteiger partial charge in [-0.15, -0.1) is 0 Å². The molecule has 1 aromatic carbocycles. The Bertz CT molecular complexity index is 764. The van der Waals surface area contributed by atoms with Crippen molar-refractivity contribution in [2.24, 2.45) is 0 Å². The molecule has 0 atom stereocenters. The number of hydrogen-bond donors (Lipinski definition) is 2. The van der Waals surface area contributed by atoms with Crippen LogP contribution in [0.2, 0.25) is 0 Å². The van der Waals surface area contributed by atoms with Crippen LogP contribution >= 0.6 is 0 Å². The highest BCUT2D eigenvalue weighted by molar-refractivity contribution is 7.92. The van der Waals surface area contributed by atoms with Gasteiger partial charge in [0.05, 0.1) is 0 Å². The van der Waals surface area contributed by atoms with Gasteiger partial charge >= 0.3 is 0 Å². The number of H-pyrrole nitrogens is 1. The number of anilines is 1. The largest absolute Gasteiger partial charge is 0.280 e. The third-order valence-corrected chi connectivity index (χ3v) is 4.20. The lowest BCUT2D eigenvalue weighted by Gasteiger charge is -2.14. The van der Waals surface area contributed by atoms with Crippen LogP contribution < -0.4 is 4.72 Å². The Morgan fingerprint density at radius 3 is 2.38 bits per heavy atom. The monoisotopic (exact) mass is 315 g/mol. The maximum Gasteiger partial charge on any atom is 0.266 e. The van der Waals surface area contributed by atoms with Gasteiger partial charge in [0.2, 0.25) is 0 Å². The summed E-state index contributed by atoms with van der Waals surface area (Å²) < 4.78 is 52.7. The Labute approximate surface area is 121 Å². The van der Waals surface area contributed by atoms with E-state index in [0.717, 1.165) is 17.8 Å². The van der Waals surface area contributed by atoms with Crippen LogP contribution in [0.1, 0.15) is 26.5 Å². The van der Waals surface area contributed by atoms with Gasteiger partial charge in [-0.1, -0.05) is 20.8 Å². The number of benzene rings is 1. The molecule has 0 saturated carbocycles. The molecule has 0 spiro atoms. The third kappa shape index (κ3) is 3.38. The molecule has 114 valence electrons. The molecule has 21 heavy (non-hydrogen) atoms. The number of nitrogens with zero attached hydrogens (tertiary/aromatic N) is 1. The van der Waals surface area contributed by atoms with E-state index in [1.165, 1.54) is 6.07 Å². The molecular formula is C13H15F2N3O2S. The highest BCUT2D eigenvalue weighted by Gasteiger charge is 2.22. The topological polar surface area (TPSA) is 74.8 Å². The summed E-state index contributed by atoms with van der Waals surface area (Å²) in [6.07, 6.45) is 0. The fourth-order valence-corrected chi connectivity index (χ4v) is 2.70. The first-order valence-corrected chi connectivity index (χ1v) is 7.62. The zero-order valence-electron chi connectivity index (χ0n) is 11.7. The summed E-state index contributed by atoms with van der Waals surface area (Å²) in [7, 11) is -4.17. The Morgan fingerprint density at radius 1 is 1.19 bits per heavy atom. The van der Waals surface area contributed by atoms with Crippen molar-refractivity contribution in [3.8, 4) is 0 Å². The van der Waals surface area contributed by atoms with E-state index < -0.39 is 26.6 Å². The first kappa shape index (κ1) is 15.4. The number of halogens is 2. The molecule has 1 aromatic heterocycles. The van der Waals surface area contributed by atoms with Crippen LogP contribution in [0.4, 0.5) is 14.6 Å². The number of aromatic nitrogens is 2. The SMILES string of the molecule is CC(C)(C)c1cc(NS(=O)(=O)c2ccc(F)cc2F)n[nH]1. The molecule has 0 fully saturated rings. The molecule has 0 unspecified atom stereocenters. The second-order valence-electron chi connectivity index (χ2n) is 5.60. The molecule has 2 aromatic rings. The minimum absolute atomic E-state index is 0.0450. The Balaban J connectivity index is 2.31. The maximum atomic E-state index is 13.6. The van der Waals surface area contributed by atoms with Gasteiger partial charge in [0.25, 0.3) is 10.0 Å². The molecule has 0 saturated heterocycles. The van der Waals surface area contributed by atoms with Gasteiger partial charge in [0.1, 0.15) is 16.5 Å². The fraction of sp³-hybridized carbons (Fsp3) is 0.308. The second-order valence-corrected chi connectivity index (χ2v) is 7.25. The Kier molecular flexibility index (Phi) is 3.75. The fourth-order valence-electron chi connectivity index (χ4n) is 1.64. The van der Waals surface area contributed by atoms with E-state index in [1.807, 2.05) is 20.8 Å². The van der Waals surface area contributed by atoms with Crippen molar-refractivity contribution in [1.29, 1.82) is 0 Å². The summed E-state index contributed by atoms with van der Waals surface area (Å²) in [4.78, 5) is -0.635. The van der Waals surface area contributed by atoms with Crippen molar-refractivity contribution in [2.75, 3.05) is 4.72 Å². The number of aromatic amines is 1. The van der Waals surface area contributed by atoms with Gasteiger partial charge < -0.3 is 0 Å². The number of sulfonamides is 1. The summed E-state index contributed by atoms with van der Waals surface area (Å²) in [6, 6.07) is 3.78. The average molecular weight is 315 g/mol. The second kappa shape index (κ2) is 5.10. The van der Waals surface area contributed by atoms with E-state index in [9.17, 15) is 17.2 Å². The zero-order valence-corrected chi connectivity index (χ0v) is 12.6. The van der Waals surface area contributed by atoms with E-state index in [2.05, 4.69) is 14.9 Å². The molecule has 8 heteroatoms. The van der Waals surface area contributed by atoms with Gasteiger partial charge in [-0.05, 0) is 12.1 Å². The Hall–Kier alpha value is -1.96. The average Bonchev–Trinajstić information content (AvgIpc) is 2.75. The highest BCUT2D eigenvalue weighted by Crippen LogP contribution is 2.24. The van der Waals surface area contributed by atoms with Crippen molar-refractivity contribution in [3.63, 3.8) is 0 Å². The molecule has 0 aliphatic heterocycles. The minimum Gasteiger partial charge on any atom is -0.280 e. The first-order valence-electron chi connectivity index (χ1n) is 6.13. The summed E-state index contributed by atoms with van der Waals surface area (Å²) >= 11 is 0. The molecule has 0 radical (unpaired) electrons. The van der Waals surface area contributed by atoms with Gasteiger partial charge in [0, 0.05) is 23.2 Å². The normalized spacial score (nSPS) is 12.4. The standard InChI is InChI=1S/C13H15F2N3O2S/c1-13(2,3)11-7-12(17-16-11)18-21(19,20)10-5-4-8(14)6-9(10)15/h4-7H,1-3H3,(H2,16,17,18). The lowest BCUT2D eigenvalue weighted by molar-refractivity contribution is 0.551. The van der Waals surface area contributed by atoms with Crippen LogP contribution in [-0.4, -0.2) is 18.6 Å². The lowest BCUT2D eigenvalue weighted by Crippen LogP contribution is -2.15. The van der Waals surface area contributed by atoms with Crippen LogP contribution in [-0.2, 0) is 15.4 Å². The number of nitrogens with one attached hydrogen (secondary N) is 2. The zero-order chi connectivity index (χ0) is 15.8. The lowest BCUT2D eigenvalue weighted by atomic mass is 9.92. The van der Waals surface area contributed by atoms with E-state index in [-0.39, 0.29) is 11.2 Å². The van der Waals surface area contributed by atoms with Gasteiger partial charge in [-0.3, -0.25) is 9.82 Å². The Morgan fingerprint density at radius 2 is 1.86 bits per heavy atom. The van der Waals surface area contributed by atoms with Crippen molar-refractivity contribution in [2.45, 2.75) is 31.1 Å². The molecular weight excluding hydrogens is 300 g/mol. The molecule has 2 rings (SSSR count). The molecule has 0 aliphatic carbocycles. The molecule has 0 bridgehead atoms. The molecule has 0 aliphatic rings. The highest BCUT2D eigenvalue weighted by atomic mass is 32.2. The van der Waals surface area contributed by atoms with E-state index in [4.69, 9.17) is 0 Å². The van der Waals surface area contributed by atoms with E-state index >= 15 is 0 Å². The van der Waals surface area contributed by atoms with Crippen molar-refractivity contribution in [1.82, 2.24) is 10.2 Å². The predicted octanol–water partition coefficient (Wildman–Crippen LogP) is 2.79. The first-order chi connectivity index (χ1) is 9.59. The van der Waals surface area contributed by atoms with Crippen LogP contribution in [0.25, 0.3) is 0 Å². The summed E-state index contributed by atoms with van der Waals surface area (Å²) in [5.74, 6) is -1.96. The molecule has 1 heterocycles. The van der Waals surface area contributed by atoms with Gasteiger partial charge in [-0.25, -0.2) is 17.2 Å². The van der Waals surface area contributed by atoms with E-state index in [1.54, 1.807) is 0 Å². The number of hydrogen-bond acceptors (Lipinski definition) is 3. The quantitative estimate of drug-likeness (QED) is 0.914. The van der Waals surface area contributed by atoms with Crippen LogP contribution in [0.15, 0.2) is 29.2 Å². The predicted molar refractivity (Wildman–Crippen MR) is 74.5 cm³/mol. The van der Waals surface area contributed by atoms with Crippen LogP contribution in [0.5, 0.6) is 0 Å². The molecule has 2 N–H and O–H groups in total. The summed E-state index contributed by atoms with van der Waals surface area (Å²) in [5, 5.41) is 6.54. The van der Waals surface area contributed by atoms with Crippen molar-refractivity contribution in [3.05, 3.63) is 41.6 Å². The van der Waals surface area contributed by atoms with Crippen LogP contribution in [0.3, 0.4) is 0 Å². The smallest absolute Gasteiger partial charge is 0.266 e. The van der Waals surface area contributed by atoms with Crippen LogP contribution in [0, 0.1) is 11.6 Å². The number of rotatable bonds is 3. The minimum atomic E-state index is -4.17. The molecule has 0 amide bonds. The van der Waals surface area contributed by atoms with Gasteiger partial charge in [-0.2, -0.15) is 5.10 Å². The summed E-state index contributed by atoms with van der Waals surface area (Å²) in [5.41, 5.74) is 0.484. The third-order valence-electron chi connectivity index (χ3n) is 2.81. The van der Waals surface area contributed by atoms with Crippen molar-refractivity contribution >= 4 is 15.8 Å². The van der Waals surface area contributed by atoms with Crippen molar-refractivity contribution < 1.29 is 17.2 Å². The van der Waals surface area contributed by atoms with E-state index in [0.29, 0.717) is 6.07 Å².